The molecule has 0 heterocycles. The normalized spacial score (nSPS) is 13.7. The fourth-order valence-corrected chi connectivity index (χ4v) is 4.91. The number of carbonyl (C=O) groups is 3. The maximum atomic E-state index is 13.0. The Kier molecular flexibility index (Phi) is 8.89. The van der Waals surface area contributed by atoms with E-state index in [2.05, 4.69) is 28.1 Å². The third kappa shape index (κ3) is 6.41. The van der Waals surface area contributed by atoms with Crippen molar-refractivity contribution < 1.29 is 24.2 Å². The zero-order chi connectivity index (χ0) is 28.1. The van der Waals surface area contributed by atoms with Crippen LogP contribution in [-0.4, -0.2) is 41.7 Å². The molecule has 0 spiro atoms. The fraction of sp³-hybridized carbons (Fsp3) is 0.300. The van der Waals surface area contributed by atoms with Crippen LogP contribution in [0.3, 0.4) is 0 Å². The van der Waals surface area contributed by atoms with Crippen molar-refractivity contribution in [3.63, 3.8) is 0 Å². The lowest BCUT2D eigenvalue weighted by Crippen LogP contribution is -2.53. The Labute approximate surface area is 232 Å². The molecule has 0 bridgehead atoms. The molecule has 2 atom stereocenters. The lowest BCUT2D eigenvalue weighted by Gasteiger charge is -2.24. The second-order valence-corrected chi connectivity index (χ2v) is 10.3. The van der Waals surface area contributed by atoms with Crippen LogP contribution < -0.4 is 16.0 Å². The Balaban J connectivity index is 1.34. The van der Waals surface area contributed by atoms with Crippen molar-refractivity contribution in [1.82, 2.24) is 10.6 Å². The Bertz CT molecular complexity index is 1330. The molecule has 8 nitrogen and oxygen atoms in total. The summed E-state index contributed by atoms with van der Waals surface area (Å²) in [6.45, 7) is 5.05. The molecule has 0 aliphatic heterocycles. The van der Waals surface area contributed by atoms with E-state index in [9.17, 15) is 19.5 Å². The molecule has 0 aromatic heterocycles. The molecule has 3 aromatic rings. The van der Waals surface area contributed by atoms with E-state index in [0.717, 1.165) is 22.3 Å². The van der Waals surface area contributed by atoms with E-state index in [-0.39, 0.29) is 25.0 Å². The fourth-order valence-electron chi connectivity index (χ4n) is 4.67. The van der Waals surface area contributed by atoms with Crippen molar-refractivity contribution >= 4 is 35.2 Å². The first-order valence-corrected chi connectivity index (χ1v) is 13.2. The van der Waals surface area contributed by atoms with Crippen LogP contribution in [-0.2, 0) is 20.9 Å². The van der Waals surface area contributed by atoms with Crippen molar-refractivity contribution in [3.8, 4) is 11.1 Å². The zero-order valence-electron chi connectivity index (χ0n) is 22.0. The van der Waals surface area contributed by atoms with Gasteiger partial charge in [-0.1, -0.05) is 80.0 Å². The number of ether oxygens (including phenoxy) is 1. The molecule has 3 aromatic carbocycles. The summed E-state index contributed by atoms with van der Waals surface area (Å²) < 4.78 is 5.59. The minimum Gasteiger partial charge on any atom is -0.449 e. The Morgan fingerprint density at radius 1 is 0.897 bits per heavy atom. The van der Waals surface area contributed by atoms with Crippen LogP contribution >= 0.6 is 11.6 Å². The summed E-state index contributed by atoms with van der Waals surface area (Å²) in [7, 11) is 0. The topological polar surface area (TPSA) is 117 Å². The number of amides is 3. The summed E-state index contributed by atoms with van der Waals surface area (Å²) in [5.41, 5.74) is 5.41. The van der Waals surface area contributed by atoms with Gasteiger partial charge in [-0.05, 0) is 52.8 Å². The number of fused-ring (bicyclic) bond motifs is 3. The number of hydrogen-bond donors (Lipinski definition) is 4. The minimum absolute atomic E-state index is 0.0989. The second-order valence-electron chi connectivity index (χ2n) is 9.88. The number of alkyl carbamates (subject to hydrolysis) is 1. The van der Waals surface area contributed by atoms with Crippen LogP contribution in [0.5, 0.6) is 0 Å². The van der Waals surface area contributed by atoms with E-state index in [0.29, 0.717) is 16.3 Å². The van der Waals surface area contributed by atoms with E-state index in [4.69, 9.17) is 16.3 Å². The van der Waals surface area contributed by atoms with Gasteiger partial charge in [0.15, 0.2) is 0 Å². The van der Waals surface area contributed by atoms with Gasteiger partial charge in [0.25, 0.3) is 0 Å². The highest BCUT2D eigenvalue weighted by Gasteiger charge is 2.31. The summed E-state index contributed by atoms with van der Waals surface area (Å²) in [6, 6.07) is 19.0. The van der Waals surface area contributed by atoms with Gasteiger partial charge in [0.2, 0.25) is 11.8 Å². The molecular formula is C30H32ClN3O5. The first-order valence-electron chi connectivity index (χ1n) is 12.8. The molecule has 9 heteroatoms. The second kappa shape index (κ2) is 12.3. The van der Waals surface area contributed by atoms with Crippen LogP contribution in [0.15, 0.2) is 66.7 Å². The van der Waals surface area contributed by atoms with E-state index in [1.807, 2.05) is 36.4 Å². The number of carbonyl (C=O) groups excluding carboxylic acids is 3. The molecule has 39 heavy (non-hydrogen) atoms. The van der Waals surface area contributed by atoms with Crippen LogP contribution in [0.1, 0.15) is 43.4 Å². The molecule has 4 rings (SSSR count). The summed E-state index contributed by atoms with van der Waals surface area (Å²) in [6.07, 6.45) is -0.707. The molecule has 0 radical (unpaired) electrons. The van der Waals surface area contributed by atoms with Gasteiger partial charge in [-0.25, -0.2) is 4.79 Å². The van der Waals surface area contributed by atoms with Gasteiger partial charge < -0.3 is 25.8 Å². The number of halogens is 1. The number of anilines is 1. The van der Waals surface area contributed by atoms with Crippen LogP contribution in [0, 0.1) is 5.92 Å². The number of nitrogens with one attached hydrogen (secondary N) is 3. The van der Waals surface area contributed by atoms with Crippen LogP contribution in [0.4, 0.5) is 10.5 Å². The number of aliphatic hydroxyl groups is 1. The third-order valence-corrected chi connectivity index (χ3v) is 7.16. The highest BCUT2D eigenvalue weighted by Crippen LogP contribution is 2.44. The lowest BCUT2D eigenvalue weighted by molar-refractivity contribution is -0.128. The molecule has 0 saturated heterocycles. The van der Waals surface area contributed by atoms with Gasteiger partial charge in [-0.2, -0.15) is 0 Å². The van der Waals surface area contributed by atoms with Crippen molar-refractivity contribution in [2.75, 3.05) is 11.9 Å². The Hall–Kier alpha value is -3.88. The Morgan fingerprint density at radius 3 is 2.08 bits per heavy atom. The number of rotatable bonds is 9. The van der Waals surface area contributed by atoms with Crippen molar-refractivity contribution in [2.24, 2.45) is 5.92 Å². The maximum Gasteiger partial charge on any atom is 0.407 e. The van der Waals surface area contributed by atoms with E-state index in [1.54, 1.807) is 32.9 Å². The third-order valence-electron chi connectivity index (χ3n) is 6.81. The van der Waals surface area contributed by atoms with Crippen molar-refractivity contribution in [2.45, 2.75) is 45.4 Å². The van der Waals surface area contributed by atoms with E-state index in [1.165, 1.54) is 6.07 Å². The quantitative estimate of drug-likeness (QED) is 0.305. The first-order chi connectivity index (χ1) is 18.7. The molecule has 0 fully saturated rings. The van der Waals surface area contributed by atoms with Crippen molar-refractivity contribution in [3.05, 3.63) is 88.4 Å². The van der Waals surface area contributed by atoms with Gasteiger partial charge in [-0.15, -0.1) is 0 Å². The van der Waals surface area contributed by atoms with Gasteiger partial charge >= 0.3 is 6.09 Å². The predicted molar refractivity (Wildman–Crippen MR) is 150 cm³/mol. The average Bonchev–Trinajstić information content (AvgIpc) is 3.24. The molecule has 3 amide bonds. The summed E-state index contributed by atoms with van der Waals surface area (Å²) in [5, 5.41) is 17.6. The number of hydrogen-bond acceptors (Lipinski definition) is 5. The summed E-state index contributed by atoms with van der Waals surface area (Å²) in [4.78, 5) is 38.4. The highest BCUT2D eigenvalue weighted by molar-refractivity contribution is 6.31. The smallest absolute Gasteiger partial charge is 0.407 e. The molecule has 0 unspecified atom stereocenters. The predicted octanol–water partition coefficient (Wildman–Crippen LogP) is 4.84. The van der Waals surface area contributed by atoms with E-state index < -0.39 is 30.0 Å². The van der Waals surface area contributed by atoms with Crippen LogP contribution in [0.2, 0.25) is 5.02 Å². The minimum atomic E-state index is -0.908. The van der Waals surface area contributed by atoms with Gasteiger partial charge in [-0.3, -0.25) is 9.59 Å². The Morgan fingerprint density at radius 2 is 1.51 bits per heavy atom. The SMILES string of the molecule is CC(C)[C@H](NC(=O)OCC1c2ccccc2-c2ccccc21)C(=O)N[C@@H](C)C(=O)Nc1ccc(CO)c(Cl)c1. The molecule has 1 aliphatic carbocycles. The van der Waals surface area contributed by atoms with Crippen molar-refractivity contribution in [1.29, 1.82) is 0 Å². The molecule has 1 aliphatic rings. The number of aliphatic hydroxyl groups excluding tert-OH is 1. The van der Waals surface area contributed by atoms with Gasteiger partial charge in [0, 0.05) is 16.6 Å². The molecular weight excluding hydrogens is 518 g/mol. The summed E-state index contributed by atoms with van der Waals surface area (Å²) >= 11 is 6.09. The lowest BCUT2D eigenvalue weighted by atomic mass is 9.98. The first kappa shape index (κ1) is 28.1. The zero-order valence-corrected chi connectivity index (χ0v) is 22.8. The maximum absolute atomic E-state index is 13.0. The number of benzene rings is 3. The molecule has 0 saturated carbocycles. The average molecular weight is 550 g/mol. The van der Waals surface area contributed by atoms with Crippen LogP contribution in [0.25, 0.3) is 11.1 Å². The monoisotopic (exact) mass is 549 g/mol. The van der Waals surface area contributed by atoms with E-state index >= 15 is 0 Å². The molecule has 4 N–H and O–H groups in total. The van der Waals surface area contributed by atoms with Gasteiger partial charge in [0.1, 0.15) is 18.7 Å². The largest absolute Gasteiger partial charge is 0.449 e. The van der Waals surface area contributed by atoms with Gasteiger partial charge in [0.05, 0.1) is 6.61 Å². The summed E-state index contributed by atoms with van der Waals surface area (Å²) in [5.74, 6) is -1.32. The molecule has 204 valence electrons. The highest BCUT2D eigenvalue weighted by atomic mass is 35.5. The standard InChI is InChI=1S/C30H32ClN3O5/c1-17(2)27(29(37)32-18(3)28(36)33-20-13-12-19(15-35)26(31)14-20)34-30(38)39-16-25-23-10-6-4-8-21(23)22-9-5-7-11-24(22)25/h4-14,17-18,25,27,35H,15-16H2,1-3H3,(H,32,37)(H,33,36)(H,34,38)/t18-,27-/m0/s1.